The van der Waals surface area contributed by atoms with Crippen molar-refractivity contribution in [3.8, 4) is 0 Å². The number of hydrogen-bond donors (Lipinski definition) is 1. The molecule has 0 spiro atoms. The predicted molar refractivity (Wildman–Crippen MR) is 23.7 cm³/mol. The van der Waals surface area contributed by atoms with Crippen LogP contribution < -0.4 is 5.32 Å². The maximum atomic E-state index is 5.01. The zero-order chi connectivity index (χ0) is 4.24. The quantitative estimate of drug-likeness (QED) is 0.516. The summed E-state index contributed by atoms with van der Waals surface area (Å²) in [6.07, 6.45) is 0. The van der Waals surface area contributed by atoms with Crippen LogP contribution in [-0.4, -0.2) is 26.3 Å². The van der Waals surface area contributed by atoms with Gasteiger partial charge in [0, 0.05) is 34.2 Å². The Kier molecular flexibility index (Phi) is 5.17. The second-order valence-electron chi connectivity index (χ2n) is 1.36. The van der Waals surface area contributed by atoms with Crippen LogP contribution in [0.1, 0.15) is 0 Å². The van der Waals surface area contributed by atoms with E-state index in [0.29, 0.717) is 0 Å². The molecule has 1 aliphatic heterocycles. The van der Waals surface area contributed by atoms with Gasteiger partial charge in [-0.05, 0) is 0 Å². The largest absolute Gasteiger partial charge is 0.379 e. The number of nitrogens with one attached hydrogen (secondary N) is 1. The van der Waals surface area contributed by atoms with Gasteiger partial charge in [0.05, 0.1) is 13.2 Å². The molecule has 0 aromatic heterocycles. The van der Waals surface area contributed by atoms with Gasteiger partial charge >= 0.3 is 0 Å². The summed E-state index contributed by atoms with van der Waals surface area (Å²) in [5.41, 5.74) is 0. The van der Waals surface area contributed by atoms with Crippen molar-refractivity contribution in [3.05, 3.63) is 0 Å². The van der Waals surface area contributed by atoms with E-state index >= 15 is 0 Å². The van der Waals surface area contributed by atoms with Crippen molar-refractivity contribution in [2.45, 2.75) is 0 Å². The Labute approximate surface area is 57.9 Å². The fourth-order valence-corrected chi connectivity index (χ4v) is 0.516. The van der Waals surface area contributed by atoms with Crippen LogP contribution in [0.2, 0.25) is 0 Å². The van der Waals surface area contributed by atoms with Crippen molar-refractivity contribution in [1.82, 2.24) is 5.32 Å². The average molecular weight is 183 g/mol. The van der Waals surface area contributed by atoms with E-state index in [4.69, 9.17) is 4.74 Å². The molecule has 1 saturated heterocycles. The Morgan fingerprint density at radius 1 is 1.14 bits per heavy atom. The molecule has 0 bridgehead atoms. The van der Waals surface area contributed by atoms with E-state index in [1.807, 2.05) is 0 Å². The Balaban J connectivity index is 0.000000360. The van der Waals surface area contributed by atoms with Crippen molar-refractivity contribution in [3.63, 3.8) is 0 Å². The summed E-state index contributed by atoms with van der Waals surface area (Å²) in [6.45, 7) is 3.83. The predicted octanol–water partition coefficient (Wildman–Crippen LogP) is -0.396. The molecule has 0 amide bonds. The van der Waals surface area contributed by atoms with Crippen LogP contribution in [0.15, 0.2) is 0 Å². The summed E-state index contributed by atoms with van der Waals surface area (Å²) in [5, 5.41) is 3.16. The molecule has 1 N–H and O–H groups in total. The summed E-state index contributed by atoms with van der Waals surface area (Å²) >= 11 is 0. The summed E-state index contributed by atoms with van der Waals surface area (Å²) in [4.78, 5) is 0. The van der Waals surface area contributed by atoms with Crippen LogP contribution in [0.25, 0.3) is 0 Å². The molecule has 0 atom stereocenters. The molecule has 0 radical (unpaired) electrons. The molecule has 7 heavy (non-hydrogen) atoms. The van der Waals surface area contributed by atoms with Gasteiger partial charge in [-0.25, -0.2) is 0 Å². The van der Waals surface area contributed by atoms with E-state index in [0.717, 1.165) is 26.3 Å². The molecule has 1 aliphatic rings. The van der Waals surface area contributed by atoms with Gasteiger partial charge in [-0.2, -0.15) is 0 Å². The van der Waals surface area contributed by atoms with Gasteiger partial charge in [-0.3, -0.25) is 0 Å². The molecule has 0 aromatic rings. The number of rotatable bonds is 0. The maximum Gasteiger partial charge on any atom is 0.0591 e. The van der Waals surface area contributed by atoms with Gasteiger partial charge in [-0.15, -0.1) is 0 Å². The second kappa shape index (κ2) is 4.76. The van der Waals surface area contributed by atoms with Gasteiger partial charge in [0.15, 0.2) is 0 Å². The van der Waals surface area contributed by atoms with Crippen molar-refractivity contribution in [2.24, 2.45) is 0 Å². The minimum Gasteiger partial charge on any atom is -0.379 e. The normalized spacial score (nSPS) is 20.6. The zero-order valence-electron chi connectivity index (χ0n) is 4.14. The van der Waals surface area contributed by atoms with Crippen LogP contribution in [0.5, 0.6) is 0 Å². The third kappa shape index (κ3) is 3.21. The van der Waals surface area contributed by atoms with Crippen LogP contribution in [0, 0.1) is 0 Å². The molecule has 0 aromatic carbocycles. The SMILES string of the molecule is C1COCCN1.[Mo]. The fourth-order valence-electron chi connectivity index (χ4n) is 0.516. The minimum absolute atomic E-state index is 0. The average Bonchev–Trinajstić information content (AvgIpc) is 1.72. The van der Waals surface area contributed by atoms with E-state index in [1.165, 1.54) is 0 Å². The third-order valence-corrected chi connectivity index (χ3v) is 0.846. The molecule has 2 nitrogen and oxygen atoms in total. The third-order valence-electron chi connectivity index (χ3n) is 0.846. The summed E-state index contributed by atoms with van der Waals surface area (Å²) in [5.74, 6) is 0. The maximum absolute atomic E-state index is 5.01. The van der Waals surface area contributed by atoms with Gasteiger partial charge in [0.1, 0.15) is 0 Å². The van der Waals surface area contributed by atoms with Crippen molar-refractivity contribution in [2.75, 3.05) is 26.3 Å². The summed E-state index contributed by atoms with van der Waals surface area (Å²) in [7, 11) is 0. The molecular weight excluding hydrogens is 174 g/mol. The van der Waals surface area contributed by atoms with E-state index in [-0.39, 0.29) is 21.1 Å². The fraction of sp³-hybridized carbons (Fsp3) is 1.00. The van der Waals surface area contributed by atoms with Gasteiger partial charge in [0.25, 0.3) is 0 Å². The topological polar surface area (TPSA) is 21.3 Å². The van der Waals surface area contributed by atoms with E-state index in [1.54, 1.807) is 0 Å². The second-order valence-corrected chi connectivity index (χ2v) is 1.36. The Bertz CT molecular complexity index is 27.2. The monoisotopic (exact) mass is 185 g/mol. The molecule has 1 rings (SSSR count). The molecule has 0 saturated carbocycles. The first-order valence-corrected chi connectivity index (χ1v) is 2.28. The van der Waals surface area contributed by atoms with E-state index < -0.39 is 0 Å². The molecule has 1 heterocycles. The van der Waals surface area contributed by atoms with Crippen LogP contribution in [0.3, 0.4) is 0 Å². The zero-order valence-corrected chi connectivity index (χ0v) is 6.15. The van der Waals surface area contributed by atoms with Crippen molar-refractivity contribution in [1.29, 1.82) is 0 Å². The van der Waals surface area contributed by atoms with Crippen molar-refractivity contribution < 1.29 is 25.8 Å². The summed E-state index contributed by atoms with van der Waals surface area (Å²) < 4.78 is 5.01. The summed E-state index contributed by atoms with van der Waals surface area (Å²) in [6, 6.07) is 0. The Morgan fingerprint density at radius 3 is 1.86 bits per heavy atom. The van der Waals surface area contributed by atoms with Crippen LogP contribution in [0.4, 0.5) is 0 Å². The van der Waals surface area contributed by atoms with Gasteiger partial charge < -0.3 is 10.1 Å². The molecule has 42 valence electrons. The number of ether oxygens (including phenoxy) is 1. The molecule has 0 aliphatic carbocycles. The van der Waals surface area contributed by atoms with E-state index in [9.17, 15) is 0 Å². The number of morpholine rings is 1. The van der Waals surface area contributed by atoms with Crippen LogP contribution >= 0.6 is 0 Å². The molecular formula is C4H9MoNO. The first kappa shape index (κ1) is 7.61. The first-order valence-electron chi connectivity index (χ1n) is 2.28. The van der Waals surface area contributed by atoms with E-state index in [2.05, 4.69) is 5.32 Å². The Morgan fingerprint density at radius 2 is 1.71 bits per heavy atom. The van der Waals surface area contributed by atoms with Gasteiger partial charge in [0.2, 0.25) is 0 Å². The Hall–Kier alpha value is 0.608. The van der Waals surface area contributed by atoms with Crippen LogP contribution in [-0.2, 0) is 25.8 Å². The standard InChI is InChI=1S/C4H9NO.Mo/c1-3-6-4-2-5-1;/h5H,1-4H2;. The first-order chi connectivity index (χ1) is 3.00. The van der Waals surface area contributed by atoms with Crippen molar-refractivity contribution >= 4 is 0 Å². The molecule has 0 unspecified atom stereocenters. The number of hydrogen-bond acceptors (Lipinski definition) is 2. The molecule has 1 fully saturated rings. The van der Waals surface area contributed by atoms with Gasteiger partial charge in [-0.1, -0.05) is 0 Å². The smallest absolute Gasteiger partial charge is 0.0591 e. The minimum atomic E-state index is 0. The molecule has 3 heteroatoms.